The van der Waals surface area contributed by atoms with Gasteiger partial charge in [0, 0.05) is 22.9 Å². The topological polar surface area (TPSA) is 51.5 Å². The van der Waals surface area contributed by atoms with Crippen LogP contribution < -0.4 is 10.1 Å². The van der Waals surface area contributed by atoms with Crippen molar-refractivity contribution < 1.29 is 4.74 Å². The number of hydrogen-bond donors (Lipinski definition) is 1. The van der Waals surface area contributed by atoms with E-state index in [4.69, 9.17) is 14.8 Å². The monoisotopic (exact) mass is 400 g/mol. The first-order valence-corrected chi connectivity index (χ1v) is 9.86. The van der Waals surface area contributed by atoms with Crippen molar-refractivity contribution in [1.82, 2.24) is 14.6 Å². The molecule has 0 amide bonds. The number of benzene rings is 1. The SMILES string of the molecule is CCC(C)Nc1c2c(nc3c(-c4ccc(OC)cc4C)c(C)nn13)CCC2.Cl. The summed E-state index contributed by atoms with van der Waals surface area (Å²) in [6.07, 6.45) is 4.36. The molecule has 0 bridgehead atoms. The first kappa shape index (κ1) is 20.5. The molecule has 1 aromatic carbocycles. The summed E-state index contributed by atoms with van der Waals surface area (Å²) >= 11 is 0. The van der Waals surface area contributed by atoms with Crippen LogP contribution in [0.4, 0.5) is 5.82 Å². The van der Waals surface area contributed by atoms with Crippen molar-refractivity contribution in [3.8, 4) is 16.9 Å². The minimum Gasteiger partial charge on any atom is -0.497 e. The average molecular weight is 401 g/mol. The molecule has 2 aromatic heterocycles. The number of fused-ring (bicyclic) bond motifs is 2. The number of aromatic nitrogens is 3. The highest BCUT2D eigenvalue weighted by atomic mass is 35.5. The quantitative estimate of drug-likeness (QED) is 0.644. The third-order valence-corrected chi connectivity index (χ3v) is 5.66. The van der Waals surface area contributed by atoms with Crippen LogP contribution in [0.1, 0.15) is 49.2 Å². The highest BCUT2D eigenvalue weighted by molar-refractivity contribution is 5.85. The standard InChI is InChI=1S/C22H28N4O.ClH/c1-6-14(3)23-21-18-8-7-9-19(18)24-22-20(15(4)25-26(21)22)17-11-10-16(27-5)12-13(17)2;/h10-12,14,23H,6-9H2,1-5H3;1H. The first-order chi connectivity index (χ1) is 13.0. The van der Waals surface area contributed by atoms with E-state index >= 15 is 0 Å². The van der Waals surface area contributed by atoms with E-state index in [1.54, 1.807) is 7.11 Å². The van der Waals surface area contributed by atoms with Gasteiger partial charge in [-0.05, 0) is 69.7 Å². The van der Waals surface area contributed by atoms with Gasteiger partial charge in [-0.1, -0.05) is 13.0 Å². The minimum atomic E-state index is 0. The molecule has 2 heterocycles. The molecule has 0 fully saturated rings. The van der Waals surface area contributed by atoms with Crippen molar-refractivity contribution in [2.24, 2.45) is 0 Å². The van der Waals surface area contributed by atoms with E-state index in [0.717, 1.165) is 47.7 Å². The van der Waals surface area contributed by atoms with Gasteiger partial charge in [0.25, 0.3) is 0 Å². The Labute approximate surface area is 172 Å². The summed E-state index contributed by atoms with van der Waals surface area (Å²) < 4.78 is 7.41. The van der Waals surface area contributed by atoms with Gasteiger partial charge in [-0.15, -0.1) is 12.4 Å². The van der Waals surface area contributed by atoms with Crippen LogP contribution in [0.25, 0.3) is 16.8 Å². The number of halogens is 1. The molecule has 1 atom stereocenters. The average Bonchev–Trinajstić information content (AvgIpc) is 3.25. The van der Waals surface area contributed by atoms with Crippen molar-refractivity contribution in [3.05, 3.63) is 40.7 Å². The number of nitrogens with zero attached hydrogens (tertiary/aromatic N) is 3. The summed E-state index contributed by atoms with van der Waals surface area (Å²) in [6.45, 7) is 8.62. The highest BCUT2D eigenvalue weighted by Gasteiger charge is 2.25. The van der Waals surface area contributed by atoms with E-state index in [-0.39, 0.29) is 12.4 Å². The van der Waals surface area contributed by atoms with E-state index in [9.17, 15) is 0 Å². The molecular formula is C22H29ClN4O. The van der Waals surface area contributed by atoms with Crippen molar-refractivity contribution >= 4 is 23.9 Å². The second-order valence-corrected chi connectivity index (χ2v) is 7.57. The number of ether oxygens (including phenoxy) is 1. The van der Waals surface area contributed by atoms with Crippen molar-refractivity contribution in [2.75, 3.05) is 12.4 Å². The van der Waals surface area contributed by atoms with Crippen LogP contribution in [0, 0.1) is 13.8 Å². The molecule has 1 aliphatic rings. The van der Waals surface area contributed by atoms with Crippen LogP contribution in [0.2, 0.25) is 0 Å². The van der Waals surface area contributed by atoms with E-state index in [2.05, 4.69) is 45.1 Å². The Bertz CT molecular complexity index is 1010. The molecule has 0 aliphatic heterocycles. The van der Waals surface area contributed by atoms with E-state index < -0.39 is 0 Å². The molecule has 5 nitrogen and oxygen atoms in total. The van der Waals surface area contributed by atoms with Gasteiger partial charge in [-0.3, -0.25) is 0 Å². The number of aryl methyl sites for hydroxylation is 3. The number of hydrogen-bond acceptors (Lipinski definition) is 4. The molecule has 1 aliphatic carbocycles. The maximum atomic E-state index is 5.37. The fourth-order valence-electron chi connectivity index (χ4n) is 3.98. The zero-order chi connectivity index (χ0) is 19.1. The summed E-state index contributed by atoms with van der Waals surface area (Å²) in [5.74, 6) is 2.00. The molecule has 1 unspecified atom stereocenters. The summed E-state index contributed by atoms with van der Waals surface area (Å²) in [5, 5.41) is 8.60. The second kappa shape index (κ2) is 8.00. The van der Waals surface area contributed by atoms with E-state index in [0.29, 0.717) is 6.04 Å². The Morgan fingerprint density at radius 2 is 2.04 bits per heavy atom. The van der Waals surface area contributed by atoms with Crippen molar-refractivity contribution in [1.29, 1.82) is 0 Å². The number of rotatable bonds is 5. The van der Waals surface area contributed by atoms with Gasteiger partial charge < -0.3 is 10.1 Å². The minimum absolute atomic E-state index is 0. The molecule has 0 saturated carbocycles. The highest BCUT2D eigenvalue weighted by Crippen LogP contribution is 2.36. The van der Waals surface area contributed by atoms with Crippen LogP contribution in [-0.4, -0.2) is 27.7 Å². The summed E-state index contributed by atoms with van der Waals surface area (Å²) in [5.41, 5.74) is 7.98. The van der Waals surface area contributed by atoms with Crippen LogP contribution in [-0.2, 0) is 12.8 Å². The lowest BCUT2D eigenvalue weighted by atomic mass is 10.0. The molecule has 3 aromatic rings. The van der Waals surface area contributed by atoms with Gasteiger partial charge >= 0.3 is 0 Å². The lowest BCUT2D eigenvalue weighted by molar-refractivity contribution is 0.414. The predicted molar refractivity (Wildman–Crippen MR) is 117 cm³/mol. The van der Waals surface area contributed by atoms with Crippen LogP contribution in [0.3, 0.4) is 0 Å². The number of methoxy groups -OCH3 is 1. The number of anilines is 1. The lowest BCUT2D eigenvalue weighted by Crippen LogP contribution is -2.18. The summed E-state index contributed by atoms with van der Waals surface area (Å²) in [7, 11) is 1.70. The van der Waals surface area contributed by atoms with Crippen molar-refractivity contribution in [2.45, 2.75) is 59.4 Å². The van der Waals surface area contributed by atoms with Crippen molar-refractivity contribution in [3.63, 3.8) is 0 Å². The third kappa shape index (κ3) is 3.32. The first-order valence-electron chi connectivity index (χ1n) is 9.86. The zero-order valence-electron chi connectivity index (χ0n) is 17.3. The molecule has 0 radical (unpaired) electrons. The summed E-state index contributed by atoms with van der Waals surface area (Å²) in [4.78, 5) is 5.06. The normalized spacial score (nSPS) is 13.9. The van der Waals surface area contributed by atoms with Crippen LogP contribution >= 0.6 is 12.4 Å². The smallest absolute Gasteiger partial charge is 0.165 e. The summed E-state index contributed by atoms with van der Waals surface area (Å²) in [6, 6.07) is 6.60. The van der Waals surface area contributed by atoms with Crippen LogP contribution in [0.5, 0.6) is 5.75 Å². The van der Waals surface area contributed by atoms with Gasteiger partial charge in [0.05, 0.1) is 12.8 Å². The maximum absolute atomic E-state index is 5.37. The molecule has 6 heteroatoms. The molecular weight excluding hydrogens is 372 g/mol. The predicted octanol–water partition coefficient (Wildman–Crippen LogP) is 5.14. The van der Waals surface area contributed by atoms with Gasteiger partial charge in [0.2, 0.25) is 0 Å². The molecule has 0 spiro atoms. The van der Waals surface area contributed by atoms with Gasteiger partial charge in [-0.25, -0.2) is 4.98 Å². The van der Waals surface area contributed by atoms with Gasteiger partial charge in [0.15, 0.2) is 5.65 Å². The molecule has 4 rings (SSSR count). The second-order valence-electron chi connectivity index (χ2n) is 7.57. The Kier molecular flexibility index (Phi) is 5.84. The maximum Gasteiger partial charge on any atom is 0.165 e. The zero-order valence-corrected chi connectivity index (χ0v) is 18.1. The number of nitrogens with one attached hydrogen (secondary N) is 1. The molecule has 28 heavy (non-hydrogen) atoms. The van der Waals surface area contributed by atoms with E-state index in [1.807, 2.05) is 10.6 Å². The molecule has 0 saturated heterocycles. The Hall–Kier alpha value is -2.27. The fraction of sp³-hybridized carbons (Fsp3) is 0.455. The Morgan fingerprint density at radius 3 is 2.71 bits per heavy atom. The Morgan fingerprint density at radius 1 is 1.25 bits per heavy atom. The van der Waals surface area contributed by atoms with Gasteiger partial charge in [0.1, 0.15) is 11.6 Å². The molecule has 1 N–H and O–H groups in total. The largest absolute Gasteiger partial charge is 0.497 e. The molecule has 150 valence electrons. The third-order valence-electron chi connectivity index (χ3n) is 5.66. The van der Waals surface area contributed by atoms with Crippen LogP contribution in [0.15, 0.2) is 18.2 Å². The fourth-order valence-corrected chi connectivity index (χ4v) is 3.98. The Balaban J connectivity index is 0.00000225. The lowest BCUT2D eigenvalue weighted by Gasteiger charge is -2.17. The van der Waals surface area contributed by atoms with Gasteiger partial charge in [-0.2, -0.15) is 9.61 Å². The van der Waals surface area contributed by atoms with E-state index in [1.165, 1.54) is 28.8 Å².